The van der Waals surface area contributed by atoms with Gasteiger partial charge in [-0.1, -0.05) is 5.57 Å². The average molecular weight is 113 g/mol. The molecule has 0 spiro atoms. The van der Waals surface area contributed by atoms with Crippen LogP contribution in [0, 0.1) is 0 Å². The molecule has 0 unspecified atom stereocenters. The Labute approximate surface area is 48.8 Å². The van der Waals surface area contributed by atoms with Crippen LogP contribution >= 0.6 is 0 Å². The minimum Gasteiger partial charge on any atom is -0.550 e. The minimum atomic E-state index is -1.01. The molecule has 8 heavy (non-hydrogen) atoms. The van der Waals surface area contributed by atoms with Crippen LogP contribution in [0.1, 0.15) is 19.8 Å². The second-order valence-electron chi connectivity index (χ2n) is 1.83. The van der Waals surface area contributed by atoms with E-state index in [1.165, 1.54) is 0 Å². The first kappa shape index (κ1) is 7.21. The number of carbonyl (C=O) groups is 1. The fraction of sp³-hybridized carbons (Fsp3) is 0.500. The van der Waals surface area contributed by atoms with E-state index in [0.717, 1.165) is 5.57 Å². The van der Waals surface area contributed by atoms with Gasteiger partial charge in [0.1, 0.15) is 0 Å². The summed E-state index contributed by atoms with van der Waals surface area (Å²) >= 11 is 0. The summed E-state index contributed by atoms with van der Waals surface area (Å²) in [4.78, 5) is 9.75. The van der Waals surface area contributed by atoms with Crippen molar-refractivity contribution in [3.05, 3.63) is 12.2 Å². The summed E-state index contributed by atoms with van der Waals surface area (Å²) in [7, 11) is 0. The van der Waals surface area contributed by atoms with E-state index < -0.39 is 5.97 Å². The Morgan fingerprint density at radius 2 is 2.12 bits per heavy atom. The van der Waals surface area contributed by atoms with Gasteiger partial charge in [-0.05, 0) is 19.8 Å². The molecule has 0 aliphatic rings. The highest BCUT2D eigenvalue weighted by atomic mass is 16.4. The first-order valence-electron chi connectivity index (χ1n) is 2.47. The molecule has 0 heterocycles. The lowest BCUT2D eigenvalue weighted by molar-refractivity contribution is -0.305. The maximum Gasteiger partial charge on any atom is 0.0417 e. The smallest absolute Gasteiger partial charge is 0.0417 e. The second-order valence-corrected chi connectivity index (χ2v) is 1.83. The van der Waals surface area contributed by atoms with E-state index in [4.69, 9.17) is 0 Å². The van der Waals surface area contributed by atoms with E-state index in [1.807, 2.05) is 0 Å². The normalized spacial score (nSPS) is 8.62. The Balaban J connectivity index is 3.18. The number of hydrogen-bond acceptors (Lipinski definition) is 2. The standard InChI is InChI=1S/C6H10O2/c1-5(2)3-4-6(7)8/h1,3-4H2,2H3,(H,7,8)/p-1. The van der Waals surface area contributed by atoms with Crippen LogP contribution in [0.4, 0.5) is 0 Å². The van der Waals surface area contributed by atoms with Crippen LogP contribution in [-0.2, 0) is 4.79 Å². The Kier molecular flexibility index (Phi) is 2.92. The predicted octanol–water partition coefficient (Wildman–Crippen LogP) is 0.0926. The van der Waals surface area contributed by atoms with Crippen molar-refractivity contribution < 1.29 is 9.90 Å². The molecule has 0 rings (SSSR count). The van der Waals surface area contributed by atoms with Crippen molar-refractivity contribution >= 4 is 5.97 Å². The molecular formula is C6H9O2-. The van der Waals surface area contributed by atoms with Crippen molar-refractivity contribution in [3.63, 3.8) is 0 Å². The first-order chi connectivity index (χ1) is 3.63. The molecule has 0 bridgehead atoms. The van der Waals surface area contributed by atoms with Gasteiger partial charge in [-0.3, -0.25) is 0 Å². The molecule has 0 aromatic carbocycles. The van der Waals surface area contributed by atoms with Gasteiger partial charge >= 0.3 is 0 Å². The number of aliphatic carboxylic acids is 1. The molecular weight excluding hydrogens is 104 g/mol. The zero-order chi connectivity index (χ0) is 6.57. The predicted molar refractivity (Wildman–Crippen MR) is 29.1 cm³/mol. The third-order valence-electron chi connectivity index (χ3n) is 0.756. The van der Waals surface area contributed by atoms with Crippen LogP contribution in [0.5, 0.6) is 0 Å². The Bertz CT molecular complexity index is 91.1. The highest BCUT2D eigenvalue weighted by Crippen LogP contribution is 1.97. The quantitative estimate of drug-likeness (QED) is 0.487. The monoisotopic (exact) mass is 113 g/mol. The molecule has 46 valence electrons. The number of carbonyl (C=O) groups excluding carboxylic acids is 1. The Morgan fingerprint density at radius 1 is 1.62 bits per heavy atom. The van der Waals surface area contributed by atoms with E-state index in [9.17, 15) is 9.90 Å². The van der Waals surface area contributed by atoms with Crippen LogP contribution in [-0.4, -0.2) is 5.97 Å². The first-order valence-corrected chi connectivity index (χ1v) is 2.47. The highest BCUT2D eigenvalue weighted by Gasteiger charge is 1.85. The third-order valence-corrected chi connectivity index (χ3v) is 0.756. The van der Waals surface area contributed by atoms with E-state index in [-0.39, 0.29) is 6.42 Å². The summed E-state index contributed by atoms with van der Waals surface area (Å²) in [6.45, 7) is 5.33. The third kappa shape index (κ3) is 5.21. The molecule has 2 nitrogen and oxygen atoms in total. The molecule has 0 radical (unpaired) electrons. The van der Waals surface area contributed by atoms with Crippen molar-refractivity contribution in [2.45, 2.75) is 19.8 Å². The lowest BCUT2D eigenvalue weighted by Crippen LogP contribution is -2.21. The second kappa shape index (κ2) is 3.24. The number of carboxylic acids is 1. The molecule has 0 saturated heterocycles. The van der Waals surface area contributed by atoms with Gasteiger partial charge < -0.3 is 9.90 Å². The van der Waals surface area contributed by atoms with Crippen molar-refractivity contribution in [2.24, 2.45) is 0 Å². The lowest BCUT2D eigenvalue weighted by atomic mass is 10.2. The molecule has 0 aromatic rings. The number of carboxylic acid groups (broad SMARTS) is 1. The lowest BCUT2D eigenvalue weighted by Gasteiger charge is -1.98. The maximum absolute atomic E-state index is 9.75. The number of hydrogen-bond donors (Lipinski definition) is 0. The van der Waals surface area contributed by atoms with Crippen molar-refractivity contribution in [1.82, 2.24) is 0 Å². The molecule has 0 aliphatic heterocycles. The van der Waals surface area contributed by atoms with Crippen molar-refractivity contribution in [2.75, 3.05) is 0 Å². The molecule has 0 saturated carbocycles. The molecule has 0 aliphatic carbocycles. The summed E-state index contributed by atoms with van der Waals surface area (Å²) in [6, 6.07) is 0. The van der Waals surface area contributed by atoms with Crippen LogP contribution in [0.2, 0.25) is 0 Å². The van der Waals surface area contributed by atoms with Crippen molar-refractivity contribution in [3.8, 4) is 0 Å². The van der Waals surface area contributed by atoms with Gasteiger partial charge in [0.05, 0.1) is 0 Å². The van der Waals surface area contributed by atoms with E-state index in [0.29, 0.717) is 6.42 Å². The van der Waals surface area contributed by atoms with Gasteiger partial charge in [0.15, 0.2) is 0 Å². The van der Waals surface area contributed by atoms with Gasteiger partial charge in [0.2, 0.25) is 0 Å². The van der Waals surface area contributed by atoms with Gasteiger partial charge in [0.25, 0.3) is 0 Å². The molecule has 2 heteroatoms. The SMILES string of the molecule is C=C(C)CCC(=O)[O-]. The zero-order valence-electron chi connectivity index (χ0n) is 4.94. The van der Waals surface area contributed by atoms with Crippen LogP contribution in [0.15, 0.2) is 12.2 Å². The summed E-state index contributed by atoms with van der Waals surface area (Å²) < 4.78 is 0. The average Bonchev–Trinajstić information content (AvgIpc) is 1.61. The van der Waals surface area contributed by atoms with Gasteiger partial charge in [-0.25, -0.2) is 0 Å². The zero-order valence-corrected chi connectivity index (χ0v) is 4.94. The largest absolute Gasteiger partial charge is 0.550 e. The fourth-order valence-electron chi connectivity index (χ4n) is 0.315. The van der Waals surface area contributed by atoms with Crippen LogP contribution < -0.4 is 5.11 Å². The van der Waals surface area contributed by atoms with E-state index >= 15 is 0 Å². The van der Waals surface area contributed by atoms with Crippen molar-refractivity contribution in [1.29, 1.82) is 0 Å². The van der Waals surface area contributed by atoms with Gasteiger partial charge in [-0.15, -0.1) is 6.58 Å². The Hall–Kier alpha value is -0.790. The van der Waals surface area contributed by atoms with E-state index in [2.05, 4.69) is 6.58 Å². The number of allylic oxidation sites excluding steroid dienone is 1. The van der Waals surface area contributed by atoms with Crippen LogP contribution in [0.25, 0.3) is 0 Å². The molecule has 0 amide bonds. The molecule has 0 fully saturated rings. The maximum atomic E-state index is 9.75. The molecule has 0 atom stereocenters. The highest BCUT2D eigenvalue weighted by molar-refractivity contribution is 5.64. The minimum absolute atomic E-state index is 0.0926. The number of rotatable bonds is 3. The summed E-state index contributed by atoms with van der Waals surface area (Å²) in [5, 5.41) is 9.75. The topological polar surface area (TPSA) is 40.1 Å². The van der Waals surface area contributed by atoms with Gasteiger partial charge in [0, 0.05) is 5.97 Å². The Morgan fingerprint density at radius 3 is 2.25 bits per heavy atom. The summed E-state index contributed by atoms with van der Waals surface area (Å²) in [6.07, 6.45) is 0.623. The summed E-state index contributed by atoms with van der Waals surface area (Å²) in [5.41, 5.74) is 0.884. The summed E-state index contributed by atoms with van der Waals surface area (Å²) in [5.74, 6) is -1.01. The van der Waals surface area contributed by atoms with Gasteiger partial charge in [-0.2, -0.15) is 0 Å². The molecule has 0 N–H and O–H groups in total. The van der Waals surface area contributed by atoms with Crippen LogP contribution in [0.3, 0.4) is 0 Å². The molecule has 0 aromatic heterocycles. The van der Waals surface area contributed by atoms with E-state index in [1.54, 1.807) is 6.92 Å². The fourth-order valence-corrected chi connectivity index (χ4v) is 0.315.